The van der Waals surface area contributed by atoms with E-state index < -0.39 is 0 Å². The summed E-state index contributed by atoms with van der Waals surface area (Å²) in [7, 11) is 0. The Bertz CT molecular complexity index is 1410. The smallest absolute Gasteiger partial charge is 0.131 e. The maximum absolute atomic E-state index is 5.87. The van der Waals surface area contributed by atoms with Gasteiger partial charge >= 0.3 is 0 Å². The minimum Gasteiger partial charge on any atom is -0.372 e. The van der Waals surface area contributed by atoms with E-state index in [9.17, 15) is 0 Å². The topological polar surface area (TPSA) is 90.3 Å². The quantitative estimate of drug-likeness (QED) is 0.165. The number of azo groups is 3. The van der Waals surface area contributed by atoms with E-state index in [1.54, 1.807) is 18.3 Å². The second-order valence-electron chi connectivity index (χ2n) is 8.11. The van der Waals surface area contributed by atoms with Gasteiger partial charge in [-0.2, -0.15) is 30.7 Å². The van der Waals surface area contributed by atoms with Crippen LogP contribution in [0.1, 0.15) is 19.4 Å². The molecule has 9 heteroatoms. The van der Waals surface area contributed by atoms with Crippen LogP contribution in [0, 0.1) is 6.92 Å². The number of nitrogens with zero attached hydrogens (tertiary/aromatic N) is 8. The van der Waals surface area contributed by atoms with E-state index in [0.717, 1.165) is 35.7 Å². The molecule has 0 radical (unpaired) electrons. The zero-order chi connectivity index (χ0) is 26.0. The number of aromatic nitrogens is 1. The van der Waals surface area contributed by atoms with Crippen LogP contribution in [0.2, 0.25) is 5.15 Å². The van der Waals surface area contributed by atoms with Crippen molar-refractivity contribution in [1.82, 2.24) is 4.98 Å². The third-order valence-corrected chi connectivity index (χ3v) is 5.76. The molecule has 0 spiro atoms. The highest BCUT2D eigenvalue weighted by atomic mass is 35.5. The van der Waals surface area contributed by atoms with Crippen LogP contribution in [0.15, 0.2) is 116 Å². The number of aryl methyl sites for hydroxylation is 1. The fraction of sp³-hybridized carbons (Fsp3) is 0.179. The van der Waals surface area contributed by atoms with Crippen LogP contribution in [0.5, 0.6) is 0 Å². The van der Waals surface area contributed by atoms with Gasteiger partial charge in [-0.15, -0.1) is 0 Å². The maximum Gasteiger partial charge on any atom is 0.131 e. The standard InChI is InChI=1S/C28H27ClN8/c1-4-37(5-2)26-13-10-23(11-14-26)32-34-24-12-15-27(20(3)18-24)36-33-22-8-6-21(7-9-22)31-35-25-16-17-30-28(29)19-25/h6-19H,4-5H2,1-3H3. The summed E-state index contributed by atoms with van der Waals surface area (Å²) in [5.74, 6) is 0. The molecule has 0 amide bonds. The first-order valence-corrected chi connectivity index (χ1v) is 12.3. The Morgan fingerprint density at radius 1 is 0.622 bits per heavy atom. The highest BCUT2D eigenvalue weighted by Gasteiger charge is 2.02. The molecule has 0 bridgehead atoms. The molecule has 0 unspecified atom stereocenters. The molecule has 4 rings (SSSR count). The molecule has 8 nitrogen and oxygen atoms in total. The fourth-order valence-electron chi connectivity index (χ4n) is 3.52. The van der Waals surface area contributed by atoms with E-state index in [2.05, 4.69) is 66.5 Å². The average molecular weight is 511 g/mol. The van der Waals surface area contributed by atoms with E-state index in [1.165, 1.54) is 5.69 Å². The van der Waals surface area contributed by atoms with Gasteiger partial charge in [0.25, 0.3) is 0 Å². The lowest BCUT2D eigenvalue weighted by atomic mass is 10.2. The molecular formula is C28H27ClN8. The van der Waals surface area contributed by atoms with Crippen molar-refractivity contribution in [3.8, 4) is 0 Å². The van der Waals surface area contributed by atoms with Gasteiger partial charge in [-0.05, 0) is 99.1 Å². The van der Waals surface area contributed by atoms with Crippen molar-refractivity contribution in [3.63, 3.8) is 0 Å². The molecule has 3 aromatic carbocycles. The zero-order valence-corrected chi connectivity index (χ0v) is 21.7. The van der Waals surface area contributed by atoms with Gasteiger partial charge in [-0.3, -0.25) is 0 Å². The predicted molar refractivity (Wildman–Crippen MR) is 149 cm³/mol. The van der Waals surface area contributed by atoms with Gasteiger partial charge in [0.1, 0.15) is 5.15 Å². The number of hydrogen-bond acceptors (Lipinski definition) is 8. The second kappa shape index (κ2) is 12.6. The van der Waals surface area contributed by atoms with Crippen molar-refractivity contribution in [2.45, 2.75) is 20.8 Å². The van der Waals surface area contributed by atoms with Crippen molar-refractivity contribution in [1.29, 1.82) is 0 Å². The first kappa shape index (κ1) is 25.8. The zero-order valence-electron chi connectivity index (χ0n) is 21.0. The van der Waals surface area contributed by atoms with Crippen LogP contribution in [-0.4, -0.2) is 18.1 Å². The van der Waals surface area contributed by atoms with E-state index in [4.69, 9.17) is 11.6 Å². The van der Waals surface area contributed by atoms with E-state index in [-0.39, 0.29) is 0 Å². The normalized spacial score (nSPS) is 11.7. The summed E-state index contributed by atoms with van der Waals surface area (Å²) in [4.78, 5) is 6.22. The van der Waals surface area contributed by atoms with Crippen molar-refractivity contribution in [2.24, 2.45) is 30.7 Å². The Labute approximate surface area is 221 Å². The molecule has 0 fully saturated rings. The summed E-state index contributed by atoms with van der Waals surface area (Å²) in [6.45, 7) is 8.21. The Kier molecular flexibility index (Phi) is 8.78. The van der Waals surface area contributed by atoms with E-state index in [0.29, 0.717) is 22.2 Å². The number of rotatable bonds is 9. The molecule has 0 aliphatic heterocycles. The Morgan fingerprint density at radius 2 is 1.11 bits per heavy atom. The molecule has 0 saturated carbocycles. The summed E-state index contributed by atoms with van der Waals surface area (Å²) >= 11 is 5.87. The molecule has 0 atom stereocenters. The fourth-order valence-corrected chi connectivity index (χ4v) is 3.68. The van der Waals surface area contributed by atoms with Crippen molar-refractivity contribution < 1.29 is 0 Å². The molecule has 1 heterocycles. The SMILES string of the molecule is CCN(CC)c1ccc(N=Nc2ccc(N=Nc3ccc(N=Nc4ccnc(Cl)c4)cc3)c(C)c2)cc1. The van der Waals surface area contributed by atoms with Gasteiger partial charge in [0.05, 0.1) is 34.1 Å². The Balaban J connectivity index is 1.37. The largest absolute Gasteiger partial charge is 0.372 e. The highest BCUT2D eigenvalue weighted by molar-refractivity contribution is 6.29. The summed E-state index contributed by atoms with van der Waals surface area (Å²) in [5.41, 5.74) is 6.51. The number of pyridine rings is 1. The van der Waals surface area contributed by atoms with E-state index in [1.807, 2.05) is 61.5 Å². The van der Waals surface area contributed by atoms with E-state index >= 15 is 0 Å². The molecule has 4 aromatic rings. The molecule has 0 N–H and O–H groups in total. The van der Waals surface area contributed by atoms with Crippen LogP contribution in [0.3, 0.4) is 0 Å². The summed E-state index contributed by atoms with van der Waals surface area (Å²) in [5, 5.41) is 26.2. The Hall–Kier alpha value is -4.30. The monoisotopic (exact) mass is 510 g/mol. The molecular weight excluding hydrogens is 484 g/mol. The van der Waals surface area contributed by atoms with Crippen LogP contribution >= 0.6 is 11.6 Å². The van der Waals surface area contributed by atoms with Gasteiger partial charge in [-0.1, -0.05) is 11.6 Å². The first-order valence-electron chi connectivity index (χ1n) is 12.0. The maximum atomic E-state index is 5.87. The molecule has 0 aliphatic carbocycles. The average Bonchev–Trinajstić information content (AvgIpc) is 2.92. The Morgan fingerprint density at radius 3 is 1.65 bits per heavy atom. The lowest BCUT2D eigenvalue weighted by Gasteiger charge is -2.20. The third kappa shape index (κ3) is 7.35. The van der Waals surface area contributed by atoms with Crippen LogP contribution < -0.4 is 4.90 Å². The van der Waals surface area contributed by atoms with Crippen molar-refractivity contribution in [2.75, 3.05) is 18.0 Å². The van der Waals surface area contributed by atoms with Gasteiger partial charge in [0, 0.05) is 31.0 Å². The molecule has 1 aromatic heterocycles. The number of halogens is 1. The second-order valence-corrected chi connectivity index (χ2v) is 8.50. The lowest BCUT2D eigenvalue weighted by Crippen LogP contribution is -2.21. The van der Waals surface area contributed by atoms with Crippen LogP contribution in [0.4, 0.5) is 39.8 Å². The van der Waals surface area contributed by atoms with Crippen LogP contribution in [-0.2, 0) is 0 Å². The summed E-state index contributed by atoms with van der Waals surface area (Å²) in [6.07, 6.45) is 1.59. The number of anilines is 1. The highest BCUT2D eigenvalue weighted by Crippen LogP contribution is 2.29. The minimum atomic E-state index is 0.374. The van der Waals surface area contributed by atoms with Gasteiger partial charge in [-0.25, -0.2) is 4.98 Å². The van der Waals surface area contributed by atoms with Gasteiger partial charge < -0.3 is 4.90 Å². The van der Waals surface area contributed by atoms with Crippen molar-refractivity contribution >= 4 is 51.4 Å². The van der Waals surface area contributed by atoms with Gasteiger partial charge in [0.15, 0.2) is 0 Å². The molecule has 0 saturated heterocycles. The van der Waals surface area contributed by atoms with Crippen LogP contribution in [0.25, 0.3) is 0 Å². The van der Waals surface area contributed by atoms with Gasteiger partial charge in [0.2, 0.25) is 0 Å². The molecule has 37 heavy (non-hydrogen) atoms. The number of hydrogen-bond donors (Lipinski definition) is 0. The predicted octanol–water partition coefficient (Wildman–Crippen LogP) is 10.1. The molecule has 186 valence electrons. The van der Waals surface area contributed by atoms with Crippen molar-refractivity contribution in [3.05, 3.63) is 95.8 Å². The lowest BCUT2D eigenvalue weighted by molar-refractivity contribution is 0.866. The number of benzene rings is 3. The molecule has 0 aliphatic rings. The summed E-state index contributed by atoms with van der Waals surface area (Å²) in [6, 6.07) is 24.5. The summed E-state index contributed by atoms with van der Waals surface area (Å²) < 4.78 is 0. The first-order chi connectivity index (χ1) is 18.0. The third-order valence-electron chi connectivity index (χ3n) is 5.55. The minimum absolute atomic E-state index is 0.374.